The van der Waals surface area contributed by atoms with Gasteiger partial charge < -0.3 is 15.0 Å². The van der Waals surface area contributed by atoms with Crippen molar-refractivity contribution < 1.29 is 18.3 Å². The molecule has 1 aromatic carbocycles. The van der Waals surface area contributed by atoms with Gasteiger partial charge >= 0.3 is 6.03 Å². The summed E-state index contributed by atoms with van der Waals surface area (Å²) in [5, 5.41) is 6.81. The number of aromatic nitrogens is 2. The lowest BCUT2D eigenvalue weighted by atomic mass is 10.1. The predicted molar refractivity (Wildman–Crippen MR) is 85.7 cm³/mol. The van der Waals surface area contributed by atoms with Crippen LogP contribution in [0.1, 0.15) is 18.5 Å². The molecule has 0 aliphatic heterocycles. The van der Waals surface area contributed by atoms with Crippen molar-refractivity contribution >= 4 is 11.7 Å². The number of carbonyl (C=O) groups excluding carboxylic acids is 1. The molecule has 1 aromatic heterocycles. The van der Waals surface area contributed by atoms with Gasteiger partial charge in [0.2, 0.25) is 0 Å². The van der Waals surface area contributed by atoms with Crippen molar-refractivity contribution in [2.75, 3.05) is 26.1 Å². The van der Waals surface area contributed by atoms with E-state index in [1.807, 2.05) is 0 Å². The van der Waals surface area contributed by atoms with Crippen molar-refractivity contribution in [3.63, 3.8) is 0 Å². The van der Waals surface area contributed by atoms with E-state index in [0.717, 1.165) is 12.1 Å². The highest BCUT2D eigenvalue weighted by Gasteiger charge is 2.19. The summed E-state index contributed by atoms with van der Waals surface area (Å²) < 4.78 is 33.0. The van der Waals surface area contributed by atoms with Crippen LogP contribution in [0.3, 0.4) is 0 Å². The maximum atomic E-state index is 13.3. The van der Waals surface area contributed by atoms with Crippen LogP contribution in [0.4, 0.5) is 19.3 Å². The van der Waals surface area contributed by atoms with E-state index in [1.165, 1.54) is 17.2 Å². The van der Waals surface area contributed by atoms with Gasteiger partial charge in [-0.2, -0.15) is 5.10 Å². The van der Waals surface area contributed by atoms with Crippen LogP contribution in [0.15, 0.2) is 30.6 Å². The lowest BCUT2D eigenvalue weighted by molar-refractivity contribution is 0.183. The Labute approximate surface area is 139 Å². The van der Waals surface area contributed by atoms with Gasteiger partial charge in [-0.05, 0) is 24.6 Å². The number of methoxy groups -OCH3 is 1. The van der Waals surface area contributed by atoms with Crippen molar-refractivity contribution in [2.24, 2.45) is 0 Å². The number of anilines is 1. The molecule has 0 bridgehead atoms. The van der Waals surface area contributed by atoms with E-state index in [2.05, 4.69) is 10.4 Å². The van der Waals surface area contributed by atoms with E-state index in [9.17, 15) is 13.6 Å². The molecule has 8 heteroatoms. The standard InChI is InChI=1S/C16H20F2N4O2/c1-11(12-4-5-14(17)15(18)8-12)21(2)16(23)20-13-9-19-22(10-13)6-7-24-3/h4-5,8-11H,6-7H2,1-3H3,(H,20,23)/t11-/m0/s1. The van der Waals surface area contributed by atoms with E-state index in [4.69, 9.17) is 4.74 Å². The van der Waals surface area contributed by atoms with Gasteiger partial charge in [-0.15, -0.1) is 0 Å². The lowest BCUT2D eigenvalue weighted by Gasteiger charge is -2.25. The third-order valence-electron chi connectivity index (χ3n) is 3.74. The zero-order valence-corrected chi connectivity index (χ0v) is 13.8. The quantitative estimate of drug-likeness (QED) is 0.881. The molecule has 130 valence electrons. The molecule has 1 N–H and O–H groups in total. The van der Waals surface area contributed by atoms with Crippen LogP contribution in [-0.4, -0.2) is 41.5 Å². The number of halogens is 2. The van der Waals surface area contributed by atoms with Gasteiger partial charge in [-0.3, -0.25) is 4.68 Å². The van der Waals surface area contributed by atoms with Crippen molar-refractivity contribution in [2.45, 2.75) is 19.5 Å². The van der Waals surface area contributed by atoms with Crippen LogP contribution in [-0.2, 0) is 11.3 Å². The van der Waals surface area contributed by atoms with E-state index in [-0.39, 0.29) is 6.03 Å². The maximum Gasteiger partial charge on any atom is 0.322 e. The molecule has 0 saturated heterocycles. The first kappa shape index (κ1) is 17.9. The Morgan fingerprint density at radius 2 is 2.17 bits per heavy atom. The largest absolute Gasteiger partial charge is 0.383 e. The highest BCUT2D eigenvalue weighted by atomic mass is 19.2. The fourth-order valence-electron chi connectivity index (χ4n) is 2.12. The summed E-state index contributed by atoms with van der Waals surface area (Å²) in [6, 6.07) is 2.79. The smallest absolute Gasteiger partial charge is 0.322 e. The summed E-state index contributed by atoms with van der Waals surface area (Å²) in [7, 11) is 3.18. The van der Waals surface area contributed by atoms with Gasteiger partial charge in [0.05, 0.1) is 31.1 Å². The average Bonchev–Trinajstić information content (AvgIpc) is 3.01. The summed E-state index contributed by atoms with van der Waals surface area (Å²) in [6.07, 6.45) is 3.22. The molecule has 6 nitrogen and oxygen atoms in total. The molecule has 0 unspecified atom stereocenters. The van der Waals surface area contributed by atoms with Crippen molar-refractivity contribution in [1.29, 1.82) is 0 Å². The molecular weight excluding hydrogens is 318 g/mol. The van der Waals surface area contributed by atoms with Crippen LogP contribution in [0, 0.1) is 11.6 Å². The molecule has 0 aliphatic carbocycles. The number of hydrogen-bond acceptors (Lipinski definition) is 3. The summed E-state index contributed by atoms with van der Waals surface area (Å²) in [6.45, 7) is 2.82. The molecule has 0 spiro atoms. The molecule has 2 rings (SSSR count). The Balaban J connectivity index is 2.00. The van der Waals surface area contributed by atoms with Crippen LogP contribution in [0.5, 0.6) is 0 Å². The van der Waals surface area contributed by atoms with Gasteiger partial charge in [-0.25, -0.2) is 13.6 Å². The highest BCUT2D eigenvalue weighted by molar-refractivity contribution is 5.89. The Morgan fingerprint density at radius 3 is 2.83 bits per heavy atom. The van der Waals surface area contributed by atoms with Crippen molar-refractivity contribution in [3.05, 3.63) is 47.8 Å². The molecule has 2 aromatic rings. The van der Waals surface area contributed by atoms with Crippen molar-refractivity contribution in [3.8, 4) is 0 Å². The van der Waals surface area contributed by atoms with Crippen LogP contribution in [0.25, 0.3) is 0 Å². The number of carbonyl (C=O) groups is 1. The Hall–Kier alpha value is -2.48. The topological polar surface area (TPSA) is 59.4 Å². The number of amides is 2. The molecule has 0 radical (unpaired) electrons. The minimum atomic E-state index is -0.937. The van der Waals surface area contributed by atoms with Gasteiger partial charge in [0.15, 0.2) is 11.6 Å². The predicted octanol–water partition coefficient (Wildman–Crippen LogP) is 3.03. The van der Waals surface area contributed by atoms with E-state index >= 15 is 0 Å². The third kappa shape index (κ3) is 4.29. The van der Waals surface area contributed by atoms with E-state index in [0.29, 0.717) is 24.4 Å². The molecule has 0 saturated carbocycles. The first-order chi connectivity index (χ1) is 11.4. The number of rotatable bonds is 6. The van der Waals surface area contributed by atoms with Crippen LogP contribution < -0.4 is 5.32 Å². The Morgan fingerprint density at radius 1 is 1.42 bits per heavy atom. The molecule has 0 aliphatic rings. The molecular formula is C16H20F2N4O2. The molecule has 1 atom stereocenters. The monoisotopic (exact) mass is 338 g/mol. The first-order valence-electron chi connectivity index (χ1n) is 7.42. The molecule has 2 amide bonds. The number of benzene rings is 1. The van der Waals surface area contributed by atoms with Crippen LogP contribution >= 0.6 is 0 Å². The fourth-order valence-corrected chi connectivity index (χ4v) is 2.12. The zero-order valence-electron chi connectivity index (χ0n) is 13.8. The van der Waals surface area contributed by atoms with Gasteiger partial charge in [-0.1, -0.05) is 6.07 Å². The normalized spacial score (nSPS) is 12.0. The first-order valence-corrected chi connectivity index (χ1v) is 7.42. The molecule has 24 heavy (non-hydrogen) atoms. The highest BCUT2D eigenvalue weighted by Crippen LogP contribution is 2.21. The molecule has 1 heterocycles. The van der Waals surface area contributed by atoms with Gasteiger partial charge in [0.1, 0.15) is 0 Å². The summed E-state index contributed by atoms with van der Waals surface area (Å²) >= 11 is 0. The third-order valence-corrected chi connectivity index (χ3v) is 3.74. The van der Waals surface area contributed by atoms with Crippen LogP contribution in [0.2, 0.25) is 0 Å². The van der Waals surface area contributed by atoms with Crippen molar-refractivity contribution in [1.82, 2.24) is 14.7 Å². The van der Waals surface area contributed by atoms with Gasteiger partial charge in [0.25, 0.3) is 0 Å². The Kier molecular flexibility index (Phi) is 5.86. The maximum absolute atomic E-state index is 13.3. The van der Waals surface area contributed by atoms with E-state index < -0.39 is 17.7 Å². The molecule has 0 fully saturated rings. The second-order valence-corrected chi connectivity index (χ2v) is 5.38. The number of nitrogens with zero attached hydrogens (tertiary/aromatic N) is 3. The average molecular weight is 338 g/mol. The van der Waals surface area contributed by atoms with Gasteiger partial charge in [0, 0.05) is 20.4 Å². The van der Waals surface area contributed by atoms with E-state index in [1.54, 1.807) is 32.0 Å². The lowest BCUT2D eigenvalue weighted by Crippen LogP contribution is -2.33. The second kappa shape index (κ2) is 7.87. The SMILES string of the molecule is COCCn1cc(NC(=O)N(C)[C@@H](C)c2ccc(F)c(F)c2)cn1. The second-order valence-electron chi connectivity index (χ2n) is 5.38. The number of urea groups is 1. The summed E-state index contributed by atoms with van der Waals surface area (Å²) in [4.78, 5) is 13.7. The fraction of sp³-hybridized carbons (Fsp3) is 0.375. The minimum absolute atomic E-state index is 0.376. The number of nitrogens with one attached hydrogen (secondary N) is 1. The summed E-state index contributed by atoms with van der Waals surface area (Å²) in [5.41, 5.74) is 1.04. The number of hydrogen-bond donors (Lipinski definition) is 1. The minimum Gasteiger partial charge on any atom is -0.383 e. The summed E-state index contributed by atoms with van der Waals surface area (Å²) in [5.74, 6) is -1.85. The zero-order chi connectivity index (χ0) is 17.7. The number of ether oxygens (including phenoxy) is 1. The Bertz CT molecular complexity index is 705.